The zero-order chi connectivity index (χ0) is 14.3. The molecule has 126 valence electrons. The molecule has 2 saturated carbocycles. The van der Waals surface area contributed by atoms with E-state index >= 15 is 0 Å². The van der Waals surface area contributed by atoms with Crippen molar-refractivity contribution in [1.29, 1.82) is 0 Å². The maximum atomic E-state index is 6.60. The topological polar surface area (TPSA) is 12.5 Å². The molecule has 0 amide bonds. The summed E-state index contributed by atoms with van der Waals surface area (Å²) >= 11 is 0. The van der Waals surface area contributed by atoms with Gasteiger partial charge in [-0.05, 0) is 44.7 Å². The number of hydrogen-bond acceptors (Lipinski definition) is 2. The Morgan fingerprint density at radius 1 is 0.905 bits per heavy atom. The molecule has 2 aliphatic carbocycles. The van der Waals surface area contributed by atoms with Crippen LogP contribution in [0.4, 0.5) is 0 Å². The molecule has 0 aromatic carbocycles. The second-order valence-electron chi connectivity index (χ2n) is 6.84. The first-order valence-corrected chi connectivity index (χ1v) is 9.17. The Labute approximate surface area is 138 Å². The van der Waals surface area contributed by atoms with Crippen molar-refractivity contribution in [3.8, 4) is 0 Å². The van der Waals surface area contributed by atoms with Crippen LogP contribution in [0.2, 0.25) is 0 Å². The average Bonchev–Trinajstić information content (AvgIpc) is 2.53. The first-order chi connectivity index (χ1) is 9.80. The summed E-state index contributed by atoms with van der Waals surface area (Å²) in [5.41, 5.74) is 0.256. The fraction of sp³-hybridized carbons (Fsp3) is 1.00. The van der Waals surface area contributed by atoms with E-state index in [1.807, 2.05) is 0 Å². The zero-order valence-electron chi connectivity index (χ0n) is 14.2. The van der Waals surface area contributed by atoms with Gasteiger partial charge in [-0.15, -0.1) is 12.4 Å². The Balaban J connectivity index is 0.00000220. The monoisotopic (exact) mass is 317 g/mol. The van der Waals surface area contributed by atoms with Crippen molar-refractivity contribution >= 4 is 12.4 Å². The quantitative estimate of drug-likeness (QED) is 0.651. The van der Waals surface area contributed by atoms with Crippen LogP contribution in [-0.4, -0.2) is 36.7 Å². The highest BCUT2D eigenvalue weighted by molar-refractivity contribution is 5.85. The molecule has 21 heavy (non-hydrogen) atoms. The van der Waals surface area contributed by atoms with Crippen molar-refractivity contribution in [3.63, 3.8) is 0 Å². The highest BCUT2D eigenvalue weighted by Gasteiger charge is 2.40. The Morgan fingerprint density at radius 2 is 1.48 bits per heavy atom. The number of likely N-dealkylation sites (N-methyl/N-ethyl adjacent to an activating group) is 1. The van der Waals surface area contributed by atoms with Crippen LogP contribution in [0.5, 0.6) is 0 Å². The van der Waals surface area contributed by atoms with Gasteiger partial charge in [0.2, 0.25) is 0 Å². The van der Waals surface area contributed by atoms with E-state index in [9.17, 15) is 0 Å². The van der Waals surface area contributed by atoms with Gasteiger partial charge < -0.3 is 9.64 Å². The van der Waals surface area contributed by atoms with E-state index in [0.717, 1.165) is 32.2 Å². The predicted octanol–water partition coefficient (Wildman–Crippen LogP) is 5.05. The minimum atomic E-state index is 0. The number of ether oxygens (including phenoxy) is 1. The van der Waals surface area contributed by atoms with Crippen molar-refractivity contribution in [1.82, 2.24) is 4.90 Å². The van der Waals surface area contributed by atoms with Crippen molar-refractivity contribution in [2.24, 2.45) is 5.92 Å². The van der Waals surface area contributed by atoms with Crippen molar-refractivity contribution < 1.29 is 4.74 Å². The van der Waals surface area contributed by atoms with Gasteiger partial charge in [-0.1, -0.05) is 52.4 Å². The van der Waals surface area contributed by atoms with Crippen LogP contribution in [0.25, 0.3) is 0 Å². The van der Waals surface area contributed by atoms with Crippen LogP contribution in [0.1, 0.15) is 78.1 Å². The predicted molar refractivity (Wildman–Crippen MR) is 93.4 cm³/mol. The van der Waals surface area contributed by atoms with E-state index < -0.39 is 0 Å². The summed E-state index contributed by atoms with van der Waals surface area (Å²) in [5.74, 6) is 0.855. The summed E-state index contributed by atoms with van der Waals surface area (Å²) in [6, 6.07) is 0. The van der Waals surface area contributed by atoms with Crippen LogP contribution in [-0.2, 0) is 4.74 Å². The standard InChI is InChI=1S/C18H35NO.ClH/c1-3-19(4-2)15-16-20-18(13-9-6-10-14-18)17-11-7-5-8-12-17;/h17H,3-16H2,1-2H3;1H. The SMILES string of the molecule is CCN(CC)CCOC1(C2CCCCC2)CCCCC1.Cl. The molecule has 0 saturated heterocycles. The Hall–Kier alpha value is 0.210. The molecule has 0 unspecified atom stereocenters. The maximum absolute atomic E-state index is 6.60. The van der Waals surface area contributed by atoms with Crippen LogP contribution in [0, 0.1) is 5.92 Å². The summed E-state index contributed by atoms with van der Waals surface area (Å²) in [5, 5.41) is 0. The lowest BCUT2D eigenvalue weighted by molar-refractivity contribution is -0.121. The van der Waals surface area contributed by atoms with Crippen molar-refractivity contribution in [2.45, 2.75) is 83.7 Å². The number of hydrogen-bond donors (Lipinski definition) is 0. The Bertz CT molecular complexity index is 256. The molecule has 0 aliphatic heterocycles. The molecule has 0 atom stereocenters. The first-order valence-electron chi connectivity index (χ1n) is 9.17. The molecule has 3 heteroatoms. The van der Waals surface area contributed by atoms with Gasteiger partial charge in [-0.25, -0.2) is 0 Å². The lowest BCUT2D eigenvalue weighted by Crippen LogP contribution is -2.45. The van der Waals surface area contributed by atoms with Crippen molar-refractivity contribution in [3.05, 3.63) is 0 Å². The molecule has 2 aliphatic rings. The minimum Gasteiger partial charge on any atom is -0.373 e. The summed E-state index contributed by atoms with van der Waals surface area (Å²) < 4.78 is 6.60. The van der Waals surface area contributed by atoms with E-state index in [1.54, 1.807) is 0 Å². The van der Waals surface area contributed by atoms with Gasteiger partial charge in [0.1, 0.15) is 0 Å². The molecule has 0 aromatic rings. The van der Waals surface area contributed by atoms with E-state index in [2.05, 4.69) is 18.7 Å². The third kappa shape index (κ3) is 5.41. The van der Waals surface area contributed by atoms with Gasteiger partial charge in [0, 0.05) is 6.54 Å². The molecule has 0 N–H and O–H groups in total. The maximum Gasteiger partial charge on any atom is 0.0711 e. The van der Waals surface area contributed by atoms with Gasteiger partial charge >= 0.3 is 0 Å². The number of halogens is 1. The molecule has 0 heterocycles. The molecule has 2 nitrogen and oxygen atoms in total. The van der Waals surface area contributed by atoms with E-state index in [4.69, 9.17) is 4.74 Å². The lowest BCUT2D eigenvalue weighted by Gasteiger charge is -2.45. The molecule has 0 spiro atoms. The second kappa shape index (κ2) is 10.1. The van der Waals surface area contributed by atoms with Gasteiger partial charge in [-0.3, -0.25) is 0 Å². The average molecular weight is 318 g/mol. The van der Waals surface area contributed by atoms with Gasteiger partial charge in [0.05, 0.1) is 12.2 Å². The van der Waals surface area contributed by atoms with Gasteiger partial charge in [-0.2, -0.15) is 0 Å². The molecular formula is C18H36ClNO. The molecular weight excluding hydrogens is 282 g/mol. The fourth-order valence-corrected chi connectivity index (χ4v) is 4.37. The van der Waals surface area contributed by atoms with Crippen LogP contribution >= 0.6 is 12.4 Å². The molecule has 2 rings (SSSR count). The summed E-state index contributed by atoms with van der Waals surface area (Å²) in [6.07, 6.45) is 14.0. The van der Waals surface area contributed by atoms with Crippen LogP contribution in [0.3, 0.4) is 0 Å². The first kappa shape index (κ1) is 19.3. The third-order valence-electron chi connectivity index (χ3n) is 5.74. The van der Waals surface area contributed by atoms with Crippen LogP contribution < -0.4 is 0 Å². The Morgan fingerprint density at radius 3 is 2.05 bits per heavy atom. The van der Waals surface area contributed by atoms with Gasteiger partial charge in [0.25, 0.3) is 0 Å². The summed E-state index contributed by atoms with van der Waals surface area (Å²) in [7, 11) is 0. The highest BCUT2D eigenvalue weighted by atomic mass is 35.5. The molecule has 0 radical (unpaired) electrons. The second-order valence-corrected chi connectivity index (χ2v) is 6.84. The minimum absolute atomic E-state index is 0. The summed E-state index contributed by atoms with van der Waals surface area (Å²) in [4.78, 5) is 2.48. The molecule has 2 fully saturated rings. The van der Waals surface area contributed by atoms with E-state index in [0.29, 0.717) is 0 Å². The molecule has 0 aromatic heterocycles. The largest absolute Gasteiger partial charge is 0.373 e. The number of nitrogens with zero attached hydrogens (tertiary/aromatic N) is 1. The number of rotatable bonds is 7. The van der Waals surface area contributed by atoms with Gasteiger partial charge in [0.15, 0.2) is 0 Å². The third-order valence-corrected chi connectivity index (χ3v) is 5.74. The summed E-state index contributed by atoms with van der Waals surface area (Å²) in [6.45, 7) is 8.86. The van der Waals surface area contributed by atoms with E-state index in [-0.39, 0.29) is 18.0 Å². The van der Waals surface area contributed by atoms with Crippen molar-refractivity contribution in [2.75, 3.05) is 26.2 Å². The fourth-order valence-electron chi connectivity index (χ4n) is 4.37. The van der Waals surface area contributed by atoms with E-state index in [1.165, 1.54) is 64.2 Å². The molecule has 0 bridgehead atoms. The normalized spacial score (nSPS) is 23.0. The Kier molecular flexibility index (Phi) is 9.24. The smallest absolute Gasteiger partial charge is 0.0711 e. The zero-order valence-corrected chi connectivity index (χ0v) is 15.1. The highest BCUT2D eigenvalue weighted by Crippen LogP contribution is 2.44. The lowest BCUT2D eigenvalue weighted by atomic mass is 9.69. The van der Waals surface area contributed by atoms with Crippen LogP contribution in [0.15, 0.2) is 0 Å².